The summed E-state index contributed by atoms with van der Waals surface area (Å²) < 4.78 is 0. The lowest BCUT2D eigenvalue weighted by Gasteiger charge is -2.32. The lowest BCUT2D eigenvalue weighted by Crippen LogP contribution is -2.52. The van der Waals surface area contributed by atoms with Gasteiger partial charge in [0.15, 0.2) is 0 Å². The highest BCUT2D eigenvalue weighted by molar-refractivity contribution is 5.85. The second-order valence-corrected chi connectivity index (χ2v) is 4.39. The van der Waals surface area contributed by atoms with E-state index in [0.717, 1.165) is 39.0 Å². The van der Waals surface area contributed by atoms with Gasteiger partial charge in [0.25, 0.3) is 0 Å². The maximum absolute atomic E-state index is 12.0. The zero-order valence-corrected chi connectivity index (χ0v) is 11.3. The molecule has 1 amide bonds. The Morgan fingerprint density at radius 2 is 1.69 bits per heavy atom. The molecule has 0 atom stereocenters. The van der Waals surface area contributed by atoms with Crippen molar-refractivity contribution >= 4 is 18.3 Å². The highest BCUT2D eigenvalue weighted by Gasteiger charge is 2.28. The molecular formula is C12H25ClN2O. The molecule has 0 saturated carbocycles. The molecule has 1 rings (SSSR count). The fourth-order valence-corrected chi connectivity index (χ4v) is 1.75. The molecule has 16 heavy (non-hydrogen) atoms. The summed E-state index contributed by atoms with van der Waals surface area (Å²) in [5, 5.41) is 3.16. The molecule has 1 fully saturated rings. The van der Waals surface area contributed by atoms with Crippen molar-refractivity contribution in [1.82, 2.24) is 10.2 Å². The van der Waals surface area contributed by atoms with Gasteiger partial charge in [-0.1, -0.05) is 26.7 Å². The fraction of sp³-hybridized carbons (Fsp3) is 0.917. The van der Waals surface area contributed by atoms with Gasteiger partial charge >= 0.3 is 0 Å². The molecule has 1 aliphatic heterocycles. The van der Waals surface area contributed by atoms with Crippen LogP contribution in [0.5, 0.6) is 0 Å². The van der Waals surface area contributed by atoms with Crippen molar-refractivity contribution in [2.45, 2.75) is 39.5 Å². The Kier molecular flexibility index (Phi) is 8.67. The summed E-state index contributed by atoms with van der Waals surface area (Å²) in [5.41, 5.74) is 0. The van der Waals surface area contributed by atoms with Crippen LogP contribution < -0.4 is 5.32 Å². The van der Waals surface area contributed by atoms with Gasteiger partial charge in [0.1, 0.15) is 0 Å². The summed E-state index contributed by atoms with van der Waals surface area (Å²) in [6.07, 6.45) is 4.60. The first-order valence-electron chi connectivity index (χ1n) is 6.29. The number of amides is 1. The molecule has 4 heteroatoms. The van der Waals surface area contributed by atoms with Crippen LogP contribution in [0.2, 0.25) is 0 Å². The number of nitrogens with zero attached hydrogens (tertiary/aromatic N) is 1. The van der Waals surface area contributed by atoms with Gasteiger partial charge in [-0.3, -0.25) is 4.79 Å². The lowest BCUT2D eigenvalue weighted by molar-refractivity contribution is -0.137. The quantitative estimate of drug-likeness (QED) is 0.748. The van der Waals surface area contributed by atoms with Crippen molar-refractivity contribution in [1.29, 1.82) is 0 Å². The second kappa shape index (κ2) is 8.82. The van der Waals surface area contributed by atoms with Crippen molar-refractivity contribution in [3.05, 3.63) is 0 Å². The van der Waals surface area contributed by atoms with E-state index in [9.17, 15) is 4.79 Å². The van der Waals surface area contributed by atoms with E-state index in [4.69, 9.17) is 0 Å². The highest BCUT2D eigenvalue weighted by atomic mass is 35.5. The number of unbranched alkanes of at least 4 members (excludes halogenated alkanes) is 2. The van der Waals surface area contributed by atoms with Gasteiger partial charge in [0.2, 0.25) is 5.91 Å². The molecule has 0 aromatic rings. The van der Waals surface area contributed by atoms with Crippen LogP contribution in [0.15, 0.2) is 0 Å². The van der Waals surface area contributed by atoms with E-state index >= 15 is 0 Å². The SMILES string of the molecule is CCCCN(CCCC)C(=O)C1CNC1.Cl. The van der Waals surface area contributed by atoms with E-state index in [1.165, 1.54) is 12.8 Å². The van der Waals surface area contributed by atoms with E-state index in [2.05, 4.69) is 24.1 Å². The zero-order chi connectivity index (χ0) is 11.1. The van der Waals surface area contributed by atoms with Crippen molar-refractivity contribution in [3.8, 4) is 0 Å². The summed E-state index contributed by atoms with van der Waals surface area (Å²) in [7, 11) is 0. The number of halogens is 1. The van der Waals surface area contributed by atoms with E-state index in [1.54, 1.807) is 0 Å². The van der Waals surface area contributed by atoms with Crippen LogP contribution in [0, 0.1) is 5.92 Å². The summed E-state index contributed by atoms with van der Waals surface area (Å²) in [6, 6.07) is 0. The first-order valence-corrected chi connectivity index (χ1v) is 6.29. The Labute approximate surface area is 105 Å². The van der Waals surface area contributed by atoms with Gasteiger partial charge in [0, 0.05) is 26.2 Å². The van der Waals surface area contributed by atoms with Gasteiger partial charge in [-0.2, -0.15) is 0 Å². The van der Waals surface area contributed by atoms with Gasteiger partial charge in [-0.05, 0) is 12.8 Å². The molecule has 0 radical (unpaired) electrons. The smallest absolute Gasteiger partial charge is 0.228 e. The Hall–Kier alpha value is -0.280. The first-order chi connectivity index (χ1) is 7.29. The molecule has 1 N–H and O–H groups in total. The van der Waals surface area contributed by atoms with E-state index in [0.29, 0.717) is 5.91 Å². The molecule has 0 unspecified atom stereocenters. The van der Waals surface area contributed by atoms with Crippen molar-refractivity contribution in [2.75, 3.05) is 26.2 Å². The van der Waals surface area contributed by atoms with Crippen molar-refractivity contribution < 1.29 is 4.79 Å². The van der Waals surface area contributed by atoms with Gasteiger partial charge in [0.05, 0.1) is 5.92 Å². The zero-order valence-electron chi connectivity index (χ0n) is 10.5. The number of hydrogen-bond acceptors (Lipinski definition) is 2. The Morgan fingerprint density at radius 1 is 1.19 bits per heavy atom. The Balaban J connectivity index is 0.00000225. The Morgan fingerprint density at radius 3 is 2.00 bits per heavy atom. The van der Waals surface area contributed by atoms with Gasteiger partial charge in [-0.25, -0.2) is 0 Å². The van der Waals surface area contributed by atoms with Crippen molar-refractivity contribution in [3.63, 3.8) is 0 Å². The summed E-state index contributed by atoms with van der Waals surface area (Å²) >= 11 is 0. The Bertz CT molecular complexity index is 187. The maximum atomic E-state index is 12.0. The molecule has 0 aliphatic carbocycles. The minimum absolute atomic E-state index is 0. The van der Waals surface area contributed by atoms with Gasteiger partial charge in [-0.15, -0.1) is 12.4 Å². The van der Waals surface area contributed by atoms with Crippen LogP contribution in [-0.2, 0) is 4.79 Å². The van der Waals surface area contributed by atoms with Crippen LogP contribution in [0.1, 0.15) is 39.5 Å². The number of carbonyl (C=O) groups is 1. The fourth-order valence-electron chi connectivity index (χ4n) is 1.75. The number of nitrogens with one attached hydrogen (secondary N) is 1. The summed E-state index contributed by atoms with van der Waals surface area (Å²) in [4.78, 5) is 14.1. The van der Waals surface area contributed by atoms with E-state index in [1.807, 2.05) is 0 Å². The minimum Gasteiger partial charge on any atom is -0.342 e. The van der Waals surface area contributed by atoms with Crippen LogP contribution in [0.3, 0.4) is 0 Å². The average Bonchev–Trinajstić information content (AvgIpc) is 2.15. The number of rotatable bonds is 7. The lowest BCUT2D eigenvalue weighted by atomic mass is 10.0. The number of carbonyl (C=O) groups excluding carboxylic acids is 1. The molecule has 96 valence electrons. The normalized spacial score (nSPS) is 15.1. The molecular weight excluding hydrogens is 224 g/mol. The first kappa shape index (κ1) is 15.7. The predicted octanol–water partition coefficient (Wildman–Crippen LogP) is 2.06. The van der Waals surface area contributed by atoms with Crippen LogP contribution in [0.4, 0.5) is 0 Å². The van der Waals surface area contributed by atoms with Crippen LogP contribution >= 0.6 is 12.4 Å². The summed E-state index contributed by atoms with van der Waals surface area (Å²) in [5.74, 6) is 0.634. The third-order valence-corrected chi connectivity index (χ3v) is 3.01. The molecule has 0 aromatic heterocycles. The summed E-state index contributed by atoms with van der Waals surface area (Å²) in [6.45, 7) is 8.01. The molecule has 1 saturated heterocycles. The highest BCUT2D eigenvalue weighted by Crippen LogP contribution is 2.10. The van der Waals surface area contributed by atoms with Crippen LogP contribution in [-0.4, -0.2) is 37.0 Å². The molecule has 1 heterocycles. The number of hydrogen-bond donors (Lipinski definition) is 1. The maximum Gasteiger partial charge on any atom is 0.228 e. The van der Waals surface area contributed by atoms with E-state index in [-0.39, 0.29) is 18.3 Å². The monoisotopic (exact) mass is 248 g/mol. The van der Waals surface area contributed by atoms with E-state index < -0.39 is 0 Å². The molecule has 0 aromatic carbocycles. The standard InChI is InChI=1S/C12H24N2O.ClH/c1-3-5-7-14(8-6-4-2)12(15)11-9-13-10-11;/h11,13H,3-10H2,1-2H3;1H. The van der Waals surface area contributed by atoms with Gasteiger partial charge < -0.3 is 10.2 Å². The largest absolute Gasteiger partial charge is 0.342 e. The third kappa shape index (κ3) is 4.71. The van der Waals surface area contributed by atoms with Crippen molar-refractivity contribution in [2.24, 2.45) is 5.92 Å². The average molecular weight is 249 g/mol. The molecule has 3 nitrogen and oxygen atoms in total. The topological polar surface area (TPSA) is 32.3 Å². The minimum atomic E-state index is 0. The predicted molar refractivity (Wildman–Crippen MR) is 70.0 cm³/mol. The van der Waals surface area contributed by atoms with Crippen LogP contribution in [0.25, 0.3) is 0 Å². The molecule has 1 aliphatic rings. The molecule has 0 spiro atoms. The second-order valence-electron chi connectivity index (χ2n) is 4.39. The molecule has 0 bridgehead atoms. The third-order valence-electron chi connectivity index (χ3n) is 3.01.